The van der Waals surface area contributed by atoms with Crippen molar-refractivity contribution in [3.05, 3.63) is 35.9 Å². The van der Waals surface area contributed by atoms with Crippen molar-refractivity contribution < 1.29 is 4.79 Å². The number of hydrogen-bond donors (Lipinski definition) is 1. The molecular formula is C15H22N2O. The van der Waals surface area contributed by atoms with Gasteiger partial charge in [0.1, 0.15) is 0 Å². The number of nitrogens with zero attached hydrogens (tertiary/aromatic N) is 1. The molecule has 1 heterocycles. The van der Waals surface area contributed by atoms with Gasteiger partial charge >= 0.3 is 0 Å². The van der Waals surface area contributed by atoms with Gasteiger partial charge in [-0.2, -0.15) is 0 Å². The van der Waals surface area contributed by atoms with E-state index in [-0.39, 0.29) is 24.0 Å². The number of hydrogen-bond acceptors (Lipinski definition) is 2. The van der Waals surface area contributed by atoms with E-state index >= 15 is 0 Å². The van der Waals surface area contributed by atoms with Gasteiger partial charge in [-0.3, -0.25) is 4.79 Å². The molecule has 3 nitrogen and oxygen atoms in total. The molecule has 1 saturated heterocycles. The Morgan fingerprint density at radius 2 is 1.94 bits per heavy atom. The minimum Gasteiger partial charge on any atom is -0.332 e. The van der Waals surface area contributed by atoms with Crippen LogP contribution in [0.25, 0.3) is 0 Å². The molecule has 2 atom stereocenters. The van der Waals surface area contributed by atoms with Gasteiger partial charge in [0.2, 0.25) is 5.91 Å². The normalized spacial score (nSPS) is 25.3. The summed E-state index contributed by atoms with van der Waals surface area (Å²) in [6.07, 6.45) is 2.43. The molecule has 0 aliphatic carbocycles. The third kappa shape index (κ3) is 2.56. The molecule has 2 N–H and O–H groups in total. The van der Waals surface area contributed by atoms with Crippen LogP contribution in [0.2, 0.25) is 0 Å². The fourth-order valence-corrected chi connectivity index (χ4v) is 2.80. The first-order valence-corrected chi connectivity index (χ1v) is 6.73. The van der Waals surface area contributed by atoms with E-state index < -0.39 is 0 Å². The van der Waals surface area contributed by atoms with Crippen LogP contribution in [0.15, 0.2) is 30.3 Å². The molecule has 1 fully saturated rings. The molecule has 2 unspecified atom stereocenters. The molecule has 1 aliphatic rings. The molecular weight excluding hydrogens is 224 g/mol. The van der Waals surface area contributed by atoms with Crippen LogP contribution in [0.4, 0.5) is 0 Å². The maximum Gasteiger partial charge on any atom is 0.223 e. The second-order valence-corrected chi connectivity index (χ2v) is 5.31. The molecule has 2 rings (SSSR count). The van der Waals surface area contributed by atoms with Crippen LogP contribution in [0, 0.1) is 0 Å². The lowest BCUT2D eigenvalue weighted by Gasteiger charge is -2.37. The summed E-state index contributed by atoms with van der Waals surface area (Å²) < 4.78 is 0. The first kappa shape index (κ1) is 13.1. The fraction of sp³-hybridized carbons (Fsp3) is 0.533. The number of likely N-dealkylation sites (tertiary alicyclic amines) is 1. The molecule has 1 aliphatic heterocycles. The Hall–Kier alpha value is -1.35. The molecule has 0 spiro atoms. The quantitative estimate of drug-likeness (QED) is 0.871. The number of benzene rings is 1. The van der Waals surface area contributed by atoms with Crippen molar-refractivity contribution in [2.24, 2.45) is 5.73 Å². The van der Waals surface area contributed by atoms with Crippen LogP contribution in [0.3, 0.4) is 0 Å². The molecule has 1 aromatic carbocycles. The second kappa shape index (κ2) is 5.53. The summed E-state index contributed by atoms with van der Waals surface area (Å²) in [5.41, 5.74) is 7.45. The fourth-order valence-electron chi connectivity index (χ4n) is 2.80. The summed E-state index contributed by atoms with van der Waals surface area (Å²) >= 11 is 0. The summed E-state index contributed by atoms with van der Waals surface area (Å²) in [7, 11) is 0. The van der Waals surface area contributed by atoms with Gasteiger partial charge in [0.25, 0.3) is 0 Å². The molecule has 3 heteroatoms. The van der Waals surface area contributed by atoms with Crippen LogP contribution in [0.1, 0.15) is 44.7 Å². The smallest absolute Gasteiger partial charge is 0.223 e. The Labute approximate surface area is 109 Å². The van der Waals surface area contributed by atoms with Gasteiger partial charge in [-0.25, -0.2) is 0 Å². The number of rotatable bonds is 2. The monoisotopic (exact) mass is 246 g/mol. The lowest BCUT2D eigenvalue weighted by molar-refractivity contribution is -0.135. The van der Waals surface area contributed by atoms with E-state index in [2.05, 4.69) is 26.0 Å². The van der Waals surface area contributed by atoms with Crippen molar-refractivity contribution in [2.75, 3.05) is 0 Å². The van der Waals surface area contributed by atoms with Crippen molar-refractivity contribution in [2.45, 2.75) is 51.2 Å². The van der Waals surface area contributed by atoms with Gasteiger partial charge in [0.15, 0.2) is 0 Å². The average molecular weight is 246 g/mol. The highest BCUT2D eigenvalue weighted by Crippen LogP contribution is 2.31. The van der Waals surface area contributed by atoms with Crippen molar-refractivity contribution in [3.8, 4) is 0 Å². The zero-order chi connectivity index (χ0) is 13.1. The van der Waals surface area contributed by atoms with E-state index in [9.17, 15) is 4.79 Å². The van der Waals surface area contributed by atoms with Crippen LogP contribution in [0.5, 0.6) is 0 Å². The maximum atomic E-state index is 12.3. The third-order valence-corrected chi connectivity index (χ3v) is 3.62. The molecule has 0 bridgehead atoms. The van der Waals surface area contributed by atoms with E-state index in [1.807, 2.05) is 23.1 Å². The van der Waals surface area contributed by atoms with Crippen molar-refractivity contribution in [1.82, 2.24) is 4.90 Å². The highest BCUT2D eigenvalue weighted by Gasteiger charge is 2.34. The van der Waals surface area contributed by atoms with E-state index in [0.29, 0.717) is 6.42 Å². The maximum absolute atomic E-state index is 12.3. The van der Waals surface area contributed by atoms with Crippen molar-refractivity contribution in [3.63, 3.8) is 0 Å². The lowest BCUT2D eigenvalue weighted by Crippen LogP contribution is -2.45. The molecule has 0 aromatic heterocycles. The first-order chi connectivity index (χ1) is 8.61. The number of nitrogens with two attached hydrogens (primary N) is 1. The first-order valence-electron chi connectivity index (χ1n) is 6.73. The molecule has 18 heavy (non-hydrogen) atoms. The predicted octanol–water partition coefficient (Wildman–Crippen LogP) is 2.48. The van der Waals surface area contributed by atoms with E-state index in [0.717, 1.165) is 18.4 Å². The lowest BCUT2D eigenvalue weighted by atomic mass is 9.95. The van der Waals surface area contributed by atoms with Gasteiger partial charge in [-0.1, -0.05) is 30.3 Å². The highest BCUT2D eigenvalue weighted by molar-refractivity contribution is 5.77. The van der Waals surface area contributed by atoms with Crippen molar-refractivity contribution >= 4 is 5.91 Å². The predicted molar refractivity (Wildman–Crippen MR) is 73.0 cm³/mol. The van der Waals surface area contributed by atoms with E-state index in [4.69, 9.17) is 5.73 Å². The topological polar surface area (TPSA) is 46.3 Å². The van der Waals surface area contributed by atoms with Crippen LogP contribution in [-0.2, 0) is 4.79 Å². The summed E-state index contributed by atoms with van der Waals surface area (Å²) in [5, 5.41) is 0. The average Bonchev–Trinajstić information content (AvgIpc) is 2.49. The van der Waals surface area contributed by atoms with E-state index in [1.165, 1.54) is 0 Å². The summed E-state index contributed by atoms with van der Waals surface area (Å²) in [4.78, 5) is 14.2. The van der Waals surface area contributed by atoms with Crippen molar-refractivity contribution in [1.29, 1.82) is 0 Å². The SMILES string of the molecule is CC(C)N1C(=O)CCCC(N)C1c1ccccc1. The summed E-state index contributed by atoms with van der Waals surface area (Å²) in [6, 6.07) is 10.4. The Bertz CT molecular complexity index is 402. The Morgan fingerprint density at radius 3 is 2.56 bits per heavy atom. The Balaban J connectivity index is 2.39. The Kier molecular flexibility index (Phi) is 4.02. The van der Waals surface area contributed by atoms with Gasteiger partial charge in [-0.05, 0) is 32.3 Å². The minimum atomic E-state index is 0.0150. The minimum absolute atomic E-state index is 0.0150. The molecule has 1 aromatic rings. The zero-order valence-corrected chi connectivity index (χ0v) is 11.2. The summed E-state index contributed by atoms with van der Waals surface area (Å²) in [6.45, 7) is 4.12. The van der Waals surface area contributed by atoms with Gasteiger partial charge in [-0.15, -0.1) is 0 Å². The van der Waals surface area contributed by atoms with Gasteiger partial charge in [0, 0.05) is 18.5 Å². The van der Waals surface area contributed by atoms with Gasteiger partial charge < -0.3 is 10.6 Å². The number of carbonyl (C=O) groups excluding carboxylic acids is 1. The van der Waals surface area contributed by atoms with Crippen LogP contribution >= 0.6 is 0 Å². The zero-order valence-electron chi connectivity index (χ0n) is 11.2. The third-order valence-electron chi connectivity index (χ3n) is 3.62. The molecule has 0 saturated carbocycles. The van der Waals surface area contributed by atoms with E-state index in [1.54, 1.807) is 0 Å². The Morgan fingerprint density at radius 1 is 1.28 bits per heavy atom. The molecule has 98 valence electrons. The van der Waals surface area contributed by atoms with Crippen LogP contribution < -0.4 is 5.73 Å². The van der Waals surface area contributed by atoms with Crippen LogP contribution in [-0.4, -0.2) is 22.9 Å². The summed E-state index contributed by atoms with van der Waals surface area (Å²) in [5.74, 6) is 0.229. The second-order valence-electron chi connectivity index (χ2n) is 5.31. The number of carbonyl (C=O) groups is 1. The molecule has 1 amide bonds. The molecule has 0 radical (unpaired) electrons. The number of amides is 1. The van der Waals surface area contributed by atoms with Gasteiger partial charge in [0.05, 0.1) is 6.04 Å². The highest BCUT2D eigenvalue weighted by atomic mass is 16.2. The standard InChI is InChI=1S/C15H22N2O/c1-11(2)17-14(18)10-6-9-13(16)15(17)12-7-4-3-5-8-12/h3-5,7-8,11,13,15H,6,9-10,16H2,1-2H3. The largest absolute Gasteiger partial charge is 0.332 e.